The molecule has 0 aromatic heterocycles. The molecule has 0 saturated heterocycles. The maximum absolute atomic E-state index is 12.9. The number of carbonyl (C=O) groups is 2. The van der Waals surface area contributed by atoms with Crippen molar-refractivity contribution in [3.63, 3.8) is 0 Å². The van der Waals surface area contributed by atoms with Gasteiger partial charge in [-0.2, -0.15) is 0 Å². The molecule has 3 nitrogen and oxygen atoms in total. The Bertz CT molecular complexity index is 1170. The number of hydrogen-bond donors (Lipinski definition) is 0. The molecule has 0 amide bonds. The number of fused-ring (bicyclic) bond motifs is 4. The molecule has 4 aliphatic carbocycles. The highest BCUT2D eigenvalue weighted by atomic mass is 16.5. The molecular weight excluding hydrogens is 396 g/mol. The number of rotatable bonds is 2. The highest BCUT2D eigenvalue weighted by Crippen LogP contribution is 2.51. The SMILES string of the molecule is COC(=O)c1c2c(cc3c1C[C@@]1(Cc4cc5c(c(C(C)=O)c4C1)CCCC5)C3)CCCC2. The van der Waals surface area contributed by atoms with E-state index < -0.39 is 0 Å². The number of esters is 1. The molecule has 0 aliphatic heterocycles. The van der Waals surface area contributed by atoms with Crippen LogP contribution in [0, 0.1) is 5.41 Å². The zero-order chi connectivity index (χ0) is 22.0. The van der Waals surface area contributed by atoms with Crippen LogP contribution in [-0.4, -0.2) is 18.9 Å². The van der Waals surface area contributed by atoms with Crippen LogP contribution in [0.3, 0.4) is 0 Å². The van der Waals surface area contributed by atoms with Crippen LogP contribution in [0.5, 0.6) is 0 Å². The van der Waals surface area contributed by atoms with Crippen molar-refractivity contribution in [1.82, 2.24) is 0 Å². The van der Waals surface area contributed by atoms with Crippen LogP contribution in [0.15, 0.2) is 12.1 Å². The summed E-state index contributed by atoms with van der Waals surface area (Å²) in [4.78, 5) is 25.7. The molecule has 0 fully saturated rings. The van der Waals surface area contributed by atoms with Gasteiger partial charge in [-0.15, -0.1) is 0 Å². The zero-order valence-corrected chi connectivity index (χ0v) is 19.4. The third-order valence-corrected chi connectivity index (χ3v) is 8.68. The van der Waals surface area contributed by atoms with Gasteiger partial charge in [0.05, 0.1) is 12.7 Å². The molecule has 0 unspecified atom stereocenters. The Balaban J connectivity index is 1.44. The van der Waals surface area contributed by atoms with Gasteiger partial charge in [-0.1, -0.05) is 12.1 Å². The smallest absolute Gasteiger partial charge is 0.338 e. The van der Waals surface area contributed by atoms with Gasteiger partial charge in [-0.3, -0.25) is 4.79 Å². The molecule has 2 aromatic carbocycles. The zero-order valence-electron chi connectivity index (χ0n) is 19.4. The Morgan fingerprint density at radius 3 is 1.72 bits per heavy atom. The predicted molar refractivity (Wildman–Crippen MR) is 125 cm³/mol. The second-order valence-corrected chi connectivity index (χ2v) is 10.7. The quantitative estimate of drug-likeness (QED) is 0.480. The summed E-state index contributed by atoms with van der Waals surface area (Å²) in [5, 5.41) is 0. The summed E-state index contributed by atoms with van der Waals surface area (Å²) in [5.74, 6) is 0.0747. The average molecular weight is 429 g/mol. The van der Waals surface area contributed by atoms with Crippen LogP contribution in [-0.2, 0) is 56.1 Å². The number of ether oxygens (including phenoxy) is 1. The van der Waals surface area contributed by atoms with Gasteiger partial charge >= 0.3 is 5.97 Å². The van der Waals surface area contributed by atoms with Gasteiger partial charge in [-0.25, -0.2) is 4.79 Å². The molecule has 4 aliphatic rings. The third kappa shape index (κ3) is 2.93. The molecule has 0 radical (unpaired) electrons. The molecule has 2 aromatic rings. The summed E-state index contributed by atoms with van der Waals surface area (Å²) >= 11 is 0. The first-order valence-electron chi connectivity index (χ1n) is 12.4. The number of methoxy groups -OCH3 is 1. The van der Waals surface area contributed by atoms with E-state index in [1.165, 1.54) is 70.9 Å². The maximum atomic E-state index is 12.9. The van der Waals surface area contributed by atoms with E-state index in [9.17, 15) is 9.59 Å². The summed E-state index contributed by atoms with van der Waals surface area (Å²) in [6.07, 6.45) is 12.9. The minimum Gasteiger partial charge on any atom is -0.465 e. The van der Waals surface area contributed by atoms with E-state index in [2.05, 4.69) is 12.1 Å². The van der Waals surface area contributed by atoms with Crippen LogP contribution < -0.4 is 0 Å². The van der Waals surface area contributed by atoms with Crippen molar-refractivity contribution in [3.05, 3.63) is 67.8 Å². The standard InChI is InChI=1S/C29H32O3/c1-17(30)26-22-9-5-3-7-18(22)11-20-13-29(15-24(20)26)14-21-12-19-8-4-6-10-23(19)27(25(21)16-29)28(31)32-2/h11-12H,3-10,13-16H2,1-2H3/t29-/m0/s1. The molecule has 32 heavy (non-hydrogen) atoms. The summed E-state index contributed by atoms with van der Waals surface area (Å²) in [7, 11) is 1.51. The number of Topliss-reactive ketones (excluding diaryl/α,β-unsaturated/α-hetero) is 1. The molecule has 0 saturated carbocycles. The van der Waals surface area contributed by atoms with Crippen molar-refractivity contribution < 1.29 is 14.3 Å². The lowest BCUT2D eigenvalue weighted by Gasteiger charge is -2.23. The van der Waals surface area contributed by atoms with Crippen LogP contribution in [0.25, 0.3) is 0 Å². The van der Waals surface area contributed by atoms with E-state index in [4.69, 9.17) is 4.74 Å². The van der Waals surface area contributed by atoms with Gasteiger partial charge in [-0.05, 0) is 134 Å². The Morgan fingerprint density at radius 2 is 1.19 bits per heavy atom. The highest BCUT2D eigenvalue weighted by Gasteiger charge is 2.46. The van der Waals surface area contributed by atoms with E-state index >= 15 is 0 Å². The van der Waals surface area contributed by atoms with Crippen molar-refractivity contribution >= 4 is 11.8 Å². The van der Waals surface area contributed by atoms with Crippen molar-refractivity contribution in [2.75, 3.05) is 7.11 Å². The molecule has 0 N–H and O–H groups in total. The fraction of sp³-hybridized carbons (Fsp3) is 0.517. The number of benzene rings is 2. The van der Waals surface area contributed by atoms with Crippen molar-refractivity contribution in [2.24, 2.45) is 5.41 Å². The molecule has 0 heterocycles. The molecule has 1 atom stereocenters. The van der Waals surface area contributed by atoms with Gasteiger partial charge in [0.15, 0.2) is 5.78 Å². The van der Waals surface area contributed by atoms with Crippen molar-refractivity contribution in [1.29, 1.82) is 0 Å². The van der Waals surface area contributed by atoms with E-state index in [1.807, 2.05) is 0 Å². The number of aryl methyl sites for hydroxylation is 2. The van der Waals surface area contributed by atoms with Crippen LogP contribution >= 0.6 is 0 Å². The van der Waals surface area contributed by atoms with Gasteiger partial charge in [0.1, 0.15) is 0 Å². The monoisotopic (exact) mass is 428 g/mol. The second-order valence-electron chi connectivity index (χ2n) is 10.7. The molecule has 1 spiro atoms. The lowest BCUT2D eigenvalue weighted by Crippen LogP contribution is -2.22. The Morgan fingerprint density at radius 1 is 0.688 bits per heavy atom. The van der Waals surface area contributed by atoms with Crippen LogP contribution in [0.1, 0.15) is 97.8 Å². The Labute approximate surface area is 190 Å². The van der Waals surface area contributed by atoms with E-state index in [-0.39, 0.29) is 17.2 Å². The summed E-state index contributed by atoms with van der Waals surface area (Å²) in [6.45, 7) is 1.75. The largest absolute Gasteiger partial charge is 0.465 e. The molecule has 0 bridgehead atoms. The van der Waals surface area contributed by atoms with Gasteiger partial charge in [0.25, 0.3) is 0 Å². The van der Waals surface area contributed by atoms with Gasteiger partial charge in [0.2, 0.25) is 0 Å². The molecule has 6 rings (SSSR count). The summed E-state index contributed by atoms with van der Waals surface area (Å²) in [6, 6.07) is 4.84. The minimum absolute atomic E-state index is 0.103. The fourth-order valence-corrected chi connectivity index (χ4v) is 7.45. The minimum atomic E-state index is -0.160. The first kappa shape index (κ1) is 20.2. The molecule has 3 heteroatoms. The number of ketones is 1. The molecule has 166 valence electrons. The lowest BCUT2D eigenvalue weighted by molar-refractivity contribution is 0.0597. The third-order valence-electron chi connectivity index (χ3n) is 8.68. The topological polar surface area (TPSA) is 43.4 Å². The Hall–Kier alpha value is -2.42. The highest BCUT2D eigenvalue weighted by molar-refractivity contribution is 5.98. The van der Waals surface area contributed by atoms with Crippen molar-refractivity contribution in [2.45, 2.75) is 84.0 Å². The lowest BCUT2D eigenvalue weighted by atomic mass is 9.80. The first-order chi connectivity index (χ1) is 15.5. The van der Waals surface area contributed by atoms with Crippen LogP contribution in [0.2, 0.25) is 0 Å². The van der Waals surface area contributed by atoms with E-state index in [0.29, 0.717) is 0 Å². The normalized spacial score (nSPS) is 22.8. The van der Waals surface area contributed by atoms with E-state index in [0.717, 1.165) is 68.9 Å². The van der Waals surface area contributed by atoms with Gasteiger partial charge in [0, 0.05) is 5.56 Å². The number of hydrogen-bond acceptors (Lipinski definition) is 3. The van der Waals surface area contributed by atoms with Crippen molar-refractivity contribution in [3.8, 4) is 0 Å². The maximum Gasteiger partial charge on any atom is 0.338 e. The number of carbonyl (C=O) groups excluding carboxylic acids is 2. The fourth-order valence-electron chi connectivity index (χ4n) is 7.45. The predicted octanol–water partition coefficient (Wildman–Crippen LogP) is 5.32. The van der Waals surface area contributed by atoms with Crippen LogP contribution in [0.4, 0.5) is 0 Å². The van der Waals surface area contributed by atoms with Gasteiger partial charge < -0.3 is 4.74 Å². The average Bonchev–Trinajstić information content (AvgIpc) is 3.32. The first-order valence-corrected chi connectivity index (χ1v) is 12.4. The molecular formula is C29H32O3. The van der Waals surface area contributed by atoms with E-state index in [1.54, 1.807) is 6.92 Å². The second kappa shape index (κ2) is 7.30. The Kier molecular flexibility index (Phi) is 4.61. The summed E-state index contributed by atoms with van der Waals surface area (Å²) < 4.78 is 5.28. The summed E-state index contributed by atoms with van der Waals surface area (Å²) in [5.41, 5.74) is 12.7.